The molecule has 3 nitrogen and oxygen atoms in total. The summed E-state index contributed by atoms with van der Waals surface area (Å²) in [5.74, 6) is -0.918. The van der Waals surface area contributed by atoms with Crippen LogP contribution in [0.15, 0.2) is 18.2 Å². The number of methoxy groups -OCH3 is 1. The lowest BCUT2D eigenvalue weighted by atomic mass is 9.91. The fraction of sp³-hybridized carbons (Fsp3) is 0.385. The van der Waals surface area contributed by atoms with Gasteiger partial charge in [0.2, 0.25) is 0 Å². The van der Waals surface area contributed by atoms with Crippen molar-refractivity contribution in [1.82, 2.24) is 0 Å². The molecule has 1 rings (SSSR count). The highest BCUT2D eigenvalue weighted by atomic mass is 16.5. The van der Waals surface area contributed by atoms with Crippen LogP contribution in [0, 0.1) is 25.2 Å². The first-order valence-electron chi connectivity index (χ1n) is 5.08. The van der Waals surface area contributed by atoms with Gasteiger partial charge >= 0.3 is 0 Å². The molecule has 0 amide bonds. The molecule has 0 aliphatic rings. The molecule has 0 bridgehead atoms. The van der Waals surface area contributed by atoms with Crippen molar-refractivity contribution in [2.45, 2.75) is 19.8 Å². The molecule has 0 aliphatic carbocycles. The van der Waals surface area contributed by atoms with Crippen molar-refractivity contribution in [3.05, 3.63) is 34.9 Å². The summed E-state index contributed by atoms with van der Waals surface area (Å²) in [5, 5.41) is 9.07. The van der Waals surface area contributed by atoms with E-state index in [-0.39, 0.29) is 12.4 Å². The predicted molar refractivity (Wildman–Crippen MR) is 61.2 cm³/mol. The van der Waals surface area contributed by atoms with Gasteiger partial charge in [-0.15, -0.1) is 0 Å². The lowest BCUT2D eigenvalue weighted by Gasteiger charge is -2.11. The number of aryl methyl sites for hydroxylation is 2. The monoisotopic (exact) mass is 217 g/mol. The lowest BCUT2D eigenvalue weighted by molar-refractivity contribution is -0.122. The van der Waals surface area contributed by atoms with Crippen LogP contribution >= 0.6 is 0 Å². The first-order chi connectivity index (χ1) is 7.60. The molecule has 1 aromatic carbocycles. The van der Waals surface area contributed by atoms with E-state index in [1.807, 2.05) is 38.1 Å². The number of nitrogens with zero attached hydrogens (tertiary/aromatic N) is 1. The van der Waals surface area contributed by atoms with Crippen molar-refractivity contribution in [3.63, 3.8) is 0 Å². The number of Topliss-reactive ketones (excluding diaryl/α,β-unsaturated/α-hetero) is 1. The Hall–Kier alpha value is -1.66. The van der Waals surface area contributed by atoms with Crippen LogP contribution < -0.4 is 0 Å². The molecule has 0 heterocycles. The summed E-state index contributed by atoms with van der Waals surface area (Å²) in [6.07, 6.45) is 0. The maximum absolute atomic E-state index is 11.7. The van der Waals surface area contributed by atoms with Crippen molar-refractivity contribution < 1.29 is 9.53 Å². The van der Waals surface area contributed by atoms with Gasteiger partial charge in [-0.3, -0.25) is 4.79 Å². The first kappa shape index (κ1) is 12.4. The van der Waals surface area contributed by atoms with E-state index < -0.39 is 5.92 Å². The van der Waals surface area contributed by atoms with Crippen LogP contribution in [0.5, 0.6) is 0 Å². The summed E-state index contributed by atoms with van der Waals surface area (Å²) < 4.78 is 4.78. The molecule has 0 aromatic heterocycles. The Morgan fingerprint density at radius 2 is 2.19 bits per heavy atom. The minimum atomic E-state index is -0.722. The highest BCUT2D eigenvalue weighted by Crippen LogP contribution is 2.21. The van der Waals surface area contributed by atoms with Crippen LogP contribution in [-0.2, 0) is 9.53 Å². The Balaban J connectivity index is 3.09. The molecule has 84 valence electrons. The maximum Gasteiger partial charge on any atom is 0.179 e. The minimum Gasteiger partial charge on any atom is -0.377 e. The van der Waals surface area contributed by atoms with E-state index in [2.05, 4.69) is 0 Å². The standard InChI is InChI=1S/C13H15NO2/c1-9-4-5-10(2)11(6-9)12(7-14)13(15)8-16-3/h4-6,12H,8H2,1-3H3. The normalized spacial score (nSPS) is 11.9. The third-order valence-corrected chi connectivity index (χ3v) is 2.48. The van der Waals surface area contributed by atoms with Gasteiger partial charge in [0.05, 0.1) is 6.07 Å². The molecule has 0 spiro atoms. The molecule has 1 atom stereocenters. The van der Waals surface area contributed by atoms with Crippen molar-refractivity contribution in [2.75, 3.05) is 13.7 Å². The van der Waals surface area contributed by atoms with E-state index in [0.717, 1.165) is 16.7 Å². The average Bonchev–Trinajstić information content (AvgIpc) is 2.24. The van der Waals surface area contributed by atoms with Crippen LogP contribution in [0.2, 0.25) is 0 Å². The smallest absolute Gasteiger partial charge is 0.179 e. The molecule has 1 aromatic rings. The Bertz CT molecular complexity index is 432. The van der Waals surface area contributed by atoms with Crippen LogP contribution in [0.25, 0.3) is 0 Å². The van der Waals surface area contributed by atoms with Crippen LogP contribution in [0.1, 0.15) is 22.6 Å². The summed E-state index contributed by atoms with van der Waals surface area (Å²) in [4.78, 5) is 11.7. The average molecular weight is 217 g/mol. The molecule has 0 aliphatic heterocycles. The first-order valence-corrected chi connectivity index (χ1v) is 5.08. The highest BCUT2D eigenvalue weighted by Gasteiger charge is 2.21. The lowest BCUT2D eigenvalue weighted by Crippen LogP contribution is -2.17. The van der Waals surface area contributed by atoms with Gasteiger partial charge in [0, 0.05) is 7.11 Å². The molecule has 3 heteroatoms. The topological polar surface area (TPSA) is 50.1 Å². The van der Waals surface area contributed by atoms with E-state index >= 15 is 0 Å². The fourth-order valence-corrected chi connectivity index (χ4v) is 1.61. The number of ketones is 1. The van der Waals surface area contributed by atoms with E-state index in [1.54, 1.807) is 0 Å². The molecule has 16 heavy (non-hydrogen) atoms. The number of nitriles is 1. The zero-order chi connectivity index (χ0) is 12.1. The molecular formula is C13H15NO2. The van der Waals surface area contributed by atoms with Gasteiger partial charge in [-0.1, -0.05) is 23.8 Å². The number of hydrogen-bond donors (Lipinski definition) is 0. The summed E-state index contributed by atoms with van der Waals surface area (Å²) in [5.41, 5.74) is 2.79. The molecule has 0 fully saturated rings. The number of hydrogen-bond acceptors (Lipinski definition) is 3. The molecular weight excluding hydrogens is 202 g/mol. The van der Waals surface area contributed by atoms with Crippen LogP contribution in [0.4, 0.5) is 0 Å². The molecule has 0 saturated carbocycles. The quantitative estimate of drug-likeness (QED) is 0.776. The zero-order valence-corrected chi connectivity index (χ0v) is 9.78. The predicted octanol–water partition coefficient (Wildman–Crippen LogP) is 2.13. The molecule has 1 unspecified atom stereocenters. The van der Waals surface area contributed by atoms with E-state index in [4.69, 9.17) is 10.00 Å². The molecule has 0 radical (unpaired) electrons. The van der Waals surface area contributed by atoms with E-state index in [1.165, 1.54) is 7.11 Å². The second-order valence-electron chi connectivity index (χ2n) is 3.82. The van der Waals surface area contributed by atoms with Crippen molar-refractivity contribution in [3.8, 4) is 6.07 Å². The number of carbonyl (C=O) groups is 1. The Morgan fingerprint density at radius 3 is 2.75 bits per heavy atom. The van der Waals surface area contributed by atoms with Gasteiger partial charge in [0.15, 0.2) is 5.78 Å². The minimum absolute atomic E-state index is 0.0222. The van der Waals surface area contributed by atoms with Gasteiger partial charge in [0.1, 0.15) is 12.5 Å². The Morgan fingerprint density at radius 1 is 1.50 bits per heavy atom. The van der Waals surface area contributed by atoms with Gasteiger partial charge in [0.25, 0.3) is 0 Å². The molecule has 0 N–H and O–H groups in total. The van der Waals surface area contributed by atoms with Crippen molar-refractivity contribution >= 4 is 5.78 Å². The van der Waals surface area contributed by atoms with Crippen molar-refractivity contribution in [1.29, 1.82) is 5.26 Å². The zero-order valence-electron chi connectivity index (χ0n) is 9.78. The third kappa shape index (κ3) is 2.68. The van der Waals surface area contributed by atoms with Gasteiger partial charge < -0.3 is 4.74 Å². The van der Waals surface area contributed by atoms with Crippen molar-refractivity contribution in [2.24, 2.45) is 0 Å². The Kier molecular flexibility index (Phi) is 4.21. The number of ether oxygens (including phenoxy) is 1. The van der Waals surface area contributed by atoms with Crippen LogP contribution in [0.3, 0.4) is 0 Å². The third-order valence-electron chi connectivity index (χ3n) is 2.48. The summed E-state index contributed by atoms with van der Waals surface area (Å²) >= 11 is 0. The second-order valence-corrected chi connectivity index (χ2v) is 3.82. The van der Waals surface area contributed by atoms with Crippen LogP contribution in [-0.4, -0.2) is 19.5 Å². The highest BCUT2D eigenvalue weighted by molar-refractivity contribution is 5.89. The van der Waals surface area contributed by atoms with Gasteiger partial charge in [-0.05, 0) is 25.0 Å². The largest absolute Gasteiger partial charge is 0.377 e. The Labute approximate surface area is 95.7 Å². The second kappa shape index (κ2) is 5.43. The van der Waals surface area contributed by atoms with Gasteiger partial charge in [-0.25, -0.2) is 0 Å². The SMILES string of the molecule is COCC(=O)C(C#N)c1cc(C)ccc1C. The summed E-state index contributed by atoms with van der Waals surface area (Å²) in [6.45, 7) is 3.82. The maximum atomic E-state index is 11.7. The molecule has 0 saturated heterocycles. The number of rotatable bonds is 4. The fourth-order valence-electron chi connectivity index (χ4n) is 1.61. The van der Waals surface area contributed by atoms with E-state index in [0.29, 0.717) is 0 Å². The number of benzene rings is 1. The van der Waals surface area contributed by atoms with Gasteiger partial charge in [-0.2, -0.15) is 5.26 Å². The van der Waals surface area contributed by atoms with E-state index in [9.17, 15) is 4.79 Å². The number of carbonyl (C=O) groups excluding carboxylic acids is 1. The summed E-state index contributed by atoms with van der Waals surface area (Å²) in [6, 6.07) is 7.82. The summed E-state index contributed by atoms with van der Waals surface area (Å²) in [7, 11) is 1.45.